The van der Waals surface area contributed by atoms with Gasteiger partial charge in [0.1, 0.15) is 37.4 Å². The number of halogens is 3. The second-order valence-electron chi connectivity index (χ2n) is 7.37. The zero-order valence-corrected chi connectivity index (χ0v) is 18.2. The van der Waals surface area contributed by atoms with Crippen molar-refractivity contribution in [2.75, 3.05) is 25.2 Å². The third-order valence-electron chi connectivity index (χ3n) is 5.08. The van der Waals surface area contributed by atoms with Crippen molar-refractivity contribution in [3.05, 3.63) is 54.0 Å². The second kappa shape index (κ2) is 8.09. The summed E-state index contributed by atoms with van der Waals surface area (Å²) in [6.45, 7) is 6.66. The number of hydrogen-bond donors (Lipinski definition) is 1. The Labute approximate surface area is 182 Å². The molecule has 1 aliphatic heterocycles. The molecule has 3 aromatic rings. The number of nitrogens with one attached hydrogen (secondary N) is 1. The lowest BCUT2D eigenvalue weighted by Crippen LogP contribution is -2.16. The molecule has 0 saturated carbocycles. The standard InChI is InChI=1S/C21H20F3N4O3P/c1-4-32(3,29)17-10-14-16(11-25-17)27-20-28-19(14)26-12(2)13-6-5-7-15(21(22,23)24)18(13)30-8-9-31-20/h4-7,10-12H,1,8-9H2,2-3H3,(H,26,27,28)/t12-,32?/m1/s1. The van der Waals surface area contributed by atoms with Crippen LogP contribution in [-0.4, -0.2) is 34.8 Å². The molecule has 0 saturated heterocycles. The van der Waals surface area contributed by atoms with Crippen LogP contribution >= 0.6 is 7.14 Å². The molecule has 1 aliphatic rings. The van der Waals surface area contributed by atoms with Crippen LogP contribution in [0.15, 0.2) is 42.9 Å². The normalized spacial score (nSPS) is 18.2. The molecule has 32 heavy (non-hydrogen) atoms. The van der Waals surface area contributed by atoms with Crippen molar-refractivity contribution in [1.29, 1.82) is 0 Å². The quantitative estimate of drug-likeness (QED) is 0.548. The molecule has 1 aromatic carbocycles. The maximum absolute atomic E-state index is 13.6. The molecule has 1 N–H and O–H groups in total. The lowest BCUT2D eigenvalue weighted by molar-refractivity contribution is -0.139. The summed E-state index contributed by atoms with van der Waals surface area (Å²) in [6, 6.07) is 4.89. The van der Waals surface area contributed by atoms with Gasteiger partial charge in [0.15, 0.2) is 0 Å². The molecule has 0 amide bonds. The Hall–Kier alpha value is -3.13. The second-order valence-corrected chi connectivity index (χ2v) is 10.2. The van der Waals surface area contributed by atoms with Crippen molar-refractivity contribution in [1.82, 2.24) is 15.0 Å². The molecule has 7 nitrogen and oxygen atoms in total. The van der Waals surface area contributed by atoms with Crippen molar-refractivity contribution in [3.8, 4) is 11.8 Å². The molecule has 4 rings (SSSR count). The van der Waals surface area contributed by atoms with Gasteiger partial charge in [-0.1, -0.05) is 18.7 Å². The van der Waals surface area contributed by atoms with Crippen LogP contribution in [0.3, 0.4) is 0 Å². The summed E-state index contributed by atoms with van der Waals surface area (Å²) in [4.78, 5) is 12.9. The Morgan fingerprint density at radius 2 is 2.00 bits per heavy atom. The number of nitrogens with zero attached hydrogens (tertiary/aromatic N) is 3. The Morgan fingerprint density at radius 1 is 1.25 bits per heavy atom. The molecule has 0 fully saturated rings. The van der Waals surface area contributed by atoms with Gasteiger partial charge in [0, 0.05) is 10.9 Å². The van der Waals surface area contributed by atoms with Crippen molar-refractivity contribution in [3.63, 3.8) is 0 Å². The van der Waals surface area contributed by atoms with Crippen LogP contribution in [0.4, 0.5) is 19.0 Å². The summed E-state index contributed by atoms with van der Waals surface area (Å²) in [6.07, 6.45) is -3.12. The molecular formula is C21H20F3N4O3P. The van der Waals surface area contributed by atoms with Gasteiger partial charge in [-0.3, -0.25) is 4.98 Å². The van der Waals surface area contributed by atoms with E-state index in [4.69, 9.17) is 9.47 Å². The minimum atomic E-state index is -4.58. The van der Waals surface area contributed by atoms with E-state index >= 15 is 0 Å². The van der Waals surface area contributed by atoms with E-state index < -0.39 is 24.9 Å². The van der Waals surface area contributed by atoms with E-state index in [1.165, 1.54) is 24.7 Å². The summed E-state index contributed by atoms with van der Waals surface area (Å²) in [7, 11) is -2.90. The van der Waals surface area contributed by atoms with Gasteiger partial charge in [-0.05, 0) is 31.5 Å². The number of ether oxygens (including phenoxy) is 2. The molecular weight excluding hydrogens is 444 g/mol. The topological polar surface area (TPSA) is 86.2 Å². The van der Waals surface area contributed by atoms with E-state index in [2.05, 4.69) is 26.8 Å². The average Bonchev–Trinajstić information content (AvgIpc) is 2.77. The molecule has 0 spiro atoms. The van der Waals surface area contributed by atoms with Crippen LogP contribution in [0.2, 0.25) is 0 Å². The van der Waals surface area contributed by atoms with E-state index in [1.54, 1.807) is 19.1 Å². The smallest absolute Gasteiger partial charge is 0.419 e. The summed E-state index contributed by atoms with van der Waals surface area (Å²) in [5.41, 5.74) is 0.203. The van der Waals surface area contributed by atoms with Crippen LogP contribution in [0.25, 0.3) is 10.9 Å². The molecule has 2 bridgehead atoms. The monoisotopic (exact) mass is 464 g/mol. The number of rotatable bonds is 2. The van der Waals surface area contributed by atoms with Crippen molar-refractivity contribution < 1.29 is 27.2 Å². The SMILES string of the molecule is C=CP(C)(=O)c1cc2c3nc(nc2cn1)OCCOc1c(cccc1C(F)(F)F)[C@@H](C)N3. The summed E-state index contributed by atoms with van der Waals surface area (Å²) in [5, 5.41) is 3.64. The maximum atomic E-state index is 13.6. The van der Waals surface area contributed by atoms with Crippen LogP contribution in [0.1, 0.15) is 24.1 Å². The summed E-state index contributed by atoms with van der Waals surface area (Å²) in [5.74, 6) is 1.41. The Kier molecular flexibility index (Phi) is 5.58. The fourth-order valence-electron chi connectivity index (χ4n) is 3.35. The maximum Gasteiger partial charge on any atom is 0.419 e. The van der Waals surface area contributed by atoms with Gasteiger partial charge in [-0.25, -0.2) is 0 Å². The average molecular weight is 464 g/mol. The Bertz CT molecular complexity index is 1250. The van der Waals surface area contributed by atoms with E-state index in [0.29, 0.717) is 27.7 Å². The molecule has 168 valence electrons. The molecule has 3 heterocycles. The summed E-state index contributed by atoms with van der Waals surface area (Å²) >= 11 is 0. The predicted molar refractivity (Wildman–Crippen MR) is 115 cm³/mol. The lowest BCUT2D eigenvalue weighted by Gasteiger charge is -2.22. The van der Waals surface area contributed by atoms with Gasteiger partial charge < -0.3 is 19.4 Å². The van der Waals surface area contributed by atoms with E-state index in [1.807, 2.05) is 0 Å². The van der Waals surface area contributed by atoms with Crippen molar-refractivity contribution in [2.24, 2.45) is 0 Å². The molecule has 11 heteroatoms. The summed E-state index contributed by atoms with van der Waals surface area (Å²) < 4.78 is 64.5. The van der Waals surface area contributed by atoms with Gasteiger partial charge in [0.25, 0.3) is 0 Å². The third-order valence-corrected chi connectivity index (χ3v) is 6.93. The molecule has 0 radical (unpaired) electrons. The number of pyridine rings is 1. The number of alkyl halides is 3. The van der Waals surface area contributed by atoms with Crippen LogP contribution in [-0.2, 0) is 10.7 Å². The van der Waals surface area contributed by atoms with Crippen molar-refractivity contribution >= 4 is 29.3 Å². The van der Waals surface area contributed by atoms with E-state index in [9.17, 15) is 17.7 Å². The van der Waals surface area contributed by atoms with Gasteiger partial charge in [0.05, 0.1) is 23.3 Å². The lowest BCUT2D eigenvalue weighted by atomic mass is 10.0. The zero-order valence-electron chi connectivity index (χ0n) is 17.3. The molecule has 2 aromatic heterocycles. The van der Waals surface area contributed by atoms with Crippen LogP contribution in [0.5, 0.6) is 11.8 Å². The van der Waals surface area contributed by atoms with E-state index in [-0.39, 0.29) is 25.0 Å². The first kappa shape index (κ1) is 22.1. The number of hydrogen-bond acceptors (Lipinski definition) is 7. The van der Waals surface area contributed by atoms with Crippen LogP contribution < -0.4 is 20.2 Å². The highest BCUT2D eigenvalue weighted by molar-refractivity contribution is 7.73. The third kappa shape index (κ3) is 4.14. The van der Waals surface area contributed by atoms with Crippen LogP contribution in [0, 0.1) is 0 Å². The van der Waals surface area contributed by atoms with E-state index in [0.717, 1.165) is 6.07 Å². The van der Waals surface area contributed by atoms with Crippen molar-refractivity contribution in [2.45, 2.75) is 19.1 Å². The number of para-hydroxylation sites is 1. The molecule has 1 unspecified atom stereocenters. The highest BCUT2D eigenvalue weighted by Crippen LogP contribution is 2.42. The number of benzene rings is 1. The minimum Gasteiger partial charge on any atom is -0.489 e. The largest absolute Gasteiger partial charge is 0.489 e. The first-order chi connectivity index (χ1) is 15.1. The predicted octanol–water partition coefficient (Wildman–Crippen LogP) is 4.75. The highest BCUT2D eigenvalue weighted by atomic mass is 31.2. The fraction of sp³-hybridized carbons (Fsp3) is 0.286. The fourth-order valence-corrected chi connectivity index (χ4v) is 4.21. The molecule has 0 aliphatic carbocycles. The van der Waals surface area contributed by atoms with Gasteiger partial charge in [-0.15, -0.1) is 0 Å². The number of anilines is 1. The first-order valence-electron chi connectivity index (χ1n) is 9.71. The first-order valence-corrected chi connectivity index (χ1v) is 11.9. The molecule has 2 atom stereocenters. The number of aromatic nitrogens is 3. The minimum absolute atomic E-state index is 0.0238. The number of fused-ring (bicyclic) bond motifs is 5. The highest BCUT2D eigenvalue weighted by Gasteiger charge is 2.36. The van der Waals surface area contributed by atoms with Gasteiger partial charge in [0.2, 0.25) is 0 Å². The van der Waals surface area contributed by atoms with Gasteiger partial charge in [-0.2, -0.15) is 23.1 Å². The Morgan fingerprint density at radius 3 is 2.72 bits per heavy atom. The van der Waals surface area contributed by atoms with Gasteiger partial charge >= 0.3 is 12.2 Å². The zero-order chi connectivity index (χ0) is 23.1. The Balaban J connectivity index is 1.87.